The molecule has 0 bridgehead atoms. The van der Waals surface area contributed by atoms with Gasteiger partial charge in [0.25, 0.3) is 0 Å². The Morgan fingerprint density at radius 3 is 2.60 bits per heavy atom. The fraction of sp³-hybridized carbons (Fsp3) is 0.188. The predicted molar refractivity (Wildman–Crippen MR) is 80.9 cm³/mol. The smallest absolute Gasteiger partial charge is 0.343 e. The Bertz CT molecular complexity index is 582. The third-order valence-electron chi connectivity index (χ3n) is 2.83. The quantitative estimate of drug-likeness (QED) is 0.784. The molecule has 0 N–H and O–H groups in total. The van der Waals surface area contributed by atoms with E-state index >= 15 is 0 Å². The average molecular weight is 335 g/mol. The Morgan fingerprint density at radius 1 is 1.15 bits per heavy atom. The fourth-order valence-electron chi connectivity index (χ4n) is 1.84. The van der Waals surface area contributed by atoms with Gasteiger partial charge in [-0.05, 0) is 29.3 Å². The Labute approximate surface area is 126 Å². The molecule has 0 radical (unpaired) electrons. The molecule has 0 heterocycles. The maximum atomic E-state index is 11.2. The lowest BCUT2D eigenvalue weighted by Gasteiger charge is -2.11. The summed E-state index contributed by atoms with van der Waals surface area (Å²) < 4.78 is 11.1. The van der Waals surface area contributed by atoms with E-state index in [1.165, 1.54) is 12.7 Å². The number of hydrogen-bond donors (Lipinski definition) is 0. The molecule has 2 aromatic rings. The molecule has 2 aromatic carbocycles. The SMILES string of the molecule is COC(=O)COc1ccc(Br)cc1Cc1ccccc1. The number of esters is 1. The van der Waals surface area contributed by atoms with Gasteiger partial charge < -0.3 is 9.47 Å². The third kappa shape index (κ3) is 4.10. The van der Waals surface area contributed by atoms with Gasteiger partial charge in [-0.2, -0.15) is 0 Å². The number of carbonyl (C=O) groups excluding carboxylic acids is 1. The highest BCUT2D eigenvalue weighted by atomic mass is 79.9. The number of hydrogen-bond acceptors (Lipinski definition) is 3. The summed E-state index contributed by atoms with van der Waals surface area (Å²) >= 11 is 3.46. The number of benzene rings is 2. The molecule has 0 unspecified atom stereocenters. The van der Waals surface area contributed by atoms with Crippen LogP contribution in [0.1, 0.15) is 11.1 Å². The molecule has 0 amide bonds. The van der Waals surface area contributed by atoms with Gasteiger partial charge in [0, 0.05) is 10.9 Å². The lowest BCUT2D eigenvalue weighted by atomic mass is 10.0. The van der Waals surface area contributed by atoms with Crippen molar-refractivity contribution >= 4 is 21.9 Å². The van der Waals surface area contributed by atoms with E-state index in [-0.39, 0.29) is 6.61 Å². The van der Waals surface area contributed by atoms with E-state index in [0.29, 0.717) is 5.75 Å². The molecule has 0 fully saturated rings. The lowest BCUT2D eigenvalue weighted by Crippen LogP contribution is -2.13. The second kappa shape index (κ2) is 7.10. The third-order valence-corrected chi connectivity index (χ3v) is 3.33. The van der Waals surface area contributed by atoms with Gasteiger partial charge in [0.1, 0.15) is 5.75 Å². The molecule has 0 spiro atoms. The Kier molecular flexibility index (Phi) is 5.18. The van der Waals surface area contributed by atoms with Crippen LogP contribution in [0.25, 0.3) is 0 Å². The van der Waals surface area contributed by atoms with E-state index in [0.717, 1.165) is 16.5 Å². The molecule has 0 aliphatic carbocycles. The van der Waals surface area contributed by atoms with E-state index in [1.807, 2.05) is 36.4 Å². The summed E-state index contributed by atoms with van der Waals surface area (Å²) in [6, 6.07) is 15.9. The van der Waals surface area contributed by atoms with Gasteiger partial charge in [0.2, 0.25) is 0 Å². The summed E-state index contributed by atoms with van der Waals surface area (Å²) in [6.45, 7) is -0.0834. The molecule has 0 aromatic heterocycles. The molecule has 0 saturated heterocycles. The van der Waals surface area contributed by atoms with Crippen LogP contribution >= 0.6 is 15.9 Å². The molecule has 4 heteroatoms. The number of rotatable bonds is 5. The largest absolute Gasteiger partial charge is 0.482 e. The van der Waals surface area contributed by atoms with Crippen LogP contribution in [0.2, 0.25) is 0 Å². The Morgan fingerprint density at radius 2 is 1.90 bits per heavy atom. The average Bonchev–Trinajstić information content (AvgIpc) is 2.47. The minimum Gasteiger partial charge on any atom is -0.482 e. The van der Waals surface area contributed by atoms with E-state index in [9.17, 15) is 4.79 Å². The maximum Gasteiger partial charge on any atom is 0.343 e. The first kappa shape index (κ1) is 14.6. The van der Waals surface area contributed by atoms with Crippen LogP contribution in [-0.2, 0) is 16.0 Å². The van der Waals surface area contributed by atoms with Gasteiger partial charge in [-0.1, -0.05) is 46.3 Å². The van der Waals surface area contributed by atoms with E-state index in [1.54, 1.807) is 0 Å². The zero-order valence-electron chi connectivity index (χ0n) is 11.1. The highest BCUT2D eigenvalue weighted by Gasteiger charge is 2.08. The molecule has 0 saturated carbocycles. The lowest BCUT2D eigenvalue weighted by molar-refractivity contribution is -0.142. The van der Waals surface area contributed by atoms with Crippen molar-refractivity contribution in [3.05, 3.63) is 64.1 Å². The number of halogens is 1. The minimum absolute atomic E-state index is 0.0834. The van der Waals surface area contributed by atoms with Crippen LogP contribution in [0.5, 0.6) is 5.75 Å². The summed E-state index contributed by atoms with van der Waals surface area (Å²) in [5.74, 6) is 0.307. The highest BCUT2D eigenvalue weighted by molar-refractivity contribution is 9.10. The number of methoxy groups -OCH3 is 1. The molecule has 0 atom stereocenters. The van der Waals surface area contributed by atoms with Gasteiger partial charge in [-0.25, -0.2) is 4.79 Å². The van der Waals surface area contributed by atoms with Crippen LogP contribution in [-0.4, -0.2) is 19.7 Å². The van der Waals surface area contributed by atoms with Crippen LogP contribution in [0.3, 0.4) is 0 Å². The first-order chi connectivity index (χ1) is 9.69. The van der Waals surface area contributed by atoms with Crippen molar-refractivity contribution in [3.8, 4) is 5.75 Å². The molecule has 3 nitrogen and oxygen atoms in total. The van der Waals surface area contributed by atoms with Crippen LogP contribution in [0.4, 0.5) is 0 Å². The maximum absolute atomic E-state index is 11.2. The van der Waals surface area contributed by atoms with Crippen LogP contribution in [0.15, 0.2) is 53.0 Å². The molecule has 20 heavy (non-hydrogen) atoms. The Hall–Kier alpha value is -1.81. The van der Waals surface area contributed by atoms with E-state index in [2.05, 4.69) is 32.8 Å². The summed E-state index contributed by atoms with van der Waals surface area (Å²) in [6.07, 6.45) is 0.747. The topological polar surface area (TPSA) is 35.5 Å². The minimum atomic E-state index is -0.390. The second-order valence-corrected chi connectivity index (χ2v) is 5.19. The van der Waals surface area contributed by atoms with Crippen LogP contribution in [0, 0.1) is 0 Å². The summed E-state index contributed by atoms with van der Waals surface area (Å²) in [4.78, 5) is 11.2. The number of ether oxygens (including phenoxy) is 2. The first-order valence-corrected chi connectivity index (χ1v) is 7.00. The normalized spacial score (nSPS) is 10.1. The summed E-state index contributed by atoms with van der Waals surface area (Å²) in [7, 11) is 1.35. The standard InChI is InChI=1S/C16H15BrO3/c1-19-16(18)11-20-15-8-7-14(17)10-13(15)9-12-5-3-2-4-6-12/h2-8,10H,9,11H2,1H3. The highest BCUT2D eigenvalue weighted by Crippen LogP contribution is 2.25. The van der Waals surface area contributed by atoms with Crippen molar-refractivity contribution in [1.29, 1.82) is 0 Å². The zero-order chi connectivity index (χ0) is 14.4. The van der Waals surface area contributed by atoms with Gasteiger partial charge in [0.05, 0.1) is 7.11 Å². The van der Waals surface area contributed by atoms with Gasteiger partial charge in [-0.15, -0.1) is 0 Å². The second-order valence-electron chi connectivity index (χ2n) is 4.28. The van der Waals surface area contributed by atoms with E-state index in [4.69, 9.17) is 4.74 Å². The molecule has 104 valence electrons. The Balaban J connectivity index is 2.17. The van der Waals surface area contributed by atoms with Crippen molar-refractivity contribution in [1.82, 2.24) is 0 Å². The summed E-state index contributed by atoms with van der Waals surface area (Å²) in [5.41, 5.74) is 2.21. The van der Waals surface area contributed by atoms with Gasteiger partial charge in [-0.3, -0.25) is 0 Å². The van der Waals surface area contributed by atoms with Crippen molar-refractivity contribution in [2.45, 2.75) is 6.42 Å². The zero-order valence-corrected chi connectivity index (χ0v) is 12.7. The van der Waals surface area contributed by atoms with E-state index < -0.39 is 5.97 Å². The molecule has 0 aliphatic rings. The molecule has 0 aliphatic heterocycles. The molecular weight excluding hydrogens is 320 g/mol. The number of carbonyl (C=O) groups is 1. The fourth-order valence-corrected chi connectivity index (χ4v) is 2.25. The van der Waals surface area contributed by atoms with Gasteiger partial charge in [0.15, 0.2) is 6.61 Å². The predicted octanol–water partition coefficient (Wildman–Crippen LogP) is 3.59. The van der Waals surface area contributed by atoms with Gasteiger partial charge >= 0.3 is 5.97 Å². The monoisotopic (exact) mass is 334 g/mol. The van der Waals surface area contributed by atoms with Crippen LogP contribution < -0.4 is 4.74 Å². The van der Waals surface area contributed by atoms with Crippen molar-refractivity contribution in [3.63, 3.8) is 0 Å². The van der Waals surface area contributed by atoms with Crippen molar-refractivity contribution in [2.75, 3.05) is 13.7 Å². The van der Waals surface area contributed by atoms with Crippen molar-refractivity contribution in [2.24, 2.45) is 0 Å². The van der Waals surface area contributed by atoms with Crippen molar-refractivity contribution < 1.29 is 14.3 Å². The first-order valence-electron chi connectivity index (χ1n) is 6.21. The molecular formula is C16H15BrO3. The molecule has 2 rings (SSSR count). The summed E-state index contributed by atoms with van der Waals surface area (Å²) in [5, 5.41) is 0.